The highest BCUT2D eigenvalue weighted by Gasteiger charge is 2.13. The number of nitrogens with two attached hydrogens (primary N) is 1. The number of carbonyl (C=O) groups excluding carboxylic acids is 1. The first-order valence-electron chi connectivity index (χ1n) is 4.88. The molecule has 17 heavy (non-hydrogen) atoms. The molecule has 0 unspecified atom stereocenters. The van der Waals surface area contributed by atoms with Gasteiger partial charge < -0.3 is 4.42 Å². The van der Waals surface area contributed by atoms with Gasteiger partial charge >= 0.3 is 5.91 Å². The molecule has 2 rings (SSSR count). The summed E-state index contributed by atoms with van der Waals surface area (Å²) in [5, 5.41) is 4.13. The third kappa shape index (κ3) is 2.56. The van der Waals surface area contributed by atoms with Crippen molar-refractivity contribution < 1.29 is 9.21 Å². The van der Waals surface area contributed by atoms with E-state index in [9.17, 15) is 4.79 Å². The normalized spacial score (nSPS) is 10.5. The van der Waals surface area contributed by atoms with E-state index in [1.54, 1.807) is 23.9 Å². The maximum atomic E-state index is 11.3. The quantitative estimate of drug-likeness (QED) is 0.506. The molecule has 2 aromatic rings. The Bertz CT molecular complexity index is 546. The first-order valence-corrected chi connectivity index (χ1v) is 5.67. The zero-order chi connectivity index (χ0) is 12.4. The van der Waals surface area contributed by atoms with Crippen LogP contribution in [-0.2, 0) is 6.54 Å². The molecule has 0 spiro atoms. The van der Waals surface area contributed by atoms with Crippen LogP contribution in [-0.4, -0.2) is 15.7 Å². The number of nitrogen functional groups attached to an aromatic ring is 1. The Balaban J connectivity index is 2.21. The van der Waals surface area contributed by atoms with Gasteiger partial charge in [-0.25, -0.2) is 5.84 Å². The van der Waals surface area contributed by atoms with Gasteiger partial charge in [-0.2, -0.15) is 5.10 Å². The number of hydrogen-bond acceptors (Lipinski definition) is 4. The Morgan fingerprint density at radius 3 is 3.06 bits per heavy atom. The minimum Gasteiger partial charge on any atom is -0.456 e. The molecule has 0 aromatic carbocycles. The van der Waals surface area contributed by atoms with Crippen molar-refractivity contribution in [3.63, 3.8) is 0 Å². The summed E-state index contributed by atoms with van der Waals surface area (Å²) in [5.41, 5.74) is 2.92. The molecule has 0 bridgehead atoms. The van der Waals surface area contributed by atoms with E-state index < -0.39 is 5.91 Å². The first-order chi connectivity index (χ1) is 8.10. The van der Waals surface area contributed by atoms with Gasteiger partial charge in [-0.15, -0.1) is 0 Å². The molecule has 2 aromatic heterocycles. The number of hydrazine groups is 1. The Morgan fingerprint density at radius 1 is 1.71 bits per heavy atom. The van der Waals surface area contributed by atoms with Crippen LogP contribution >= 0.6 is 15.9 Å². The van der Waals surface area contributed by atoms with E-state index in [0.717, 1.165) is 10.0 Å². The lowest BCUT2D eigenvalue weighted by Gasteiger charge is -1.98. The van der Waals surface area contributed by atoms with Crippen LogP contribution in [0, 0.1) is 6.92 Å². The number of nitrogens with one attached hydrogen (secondary N) is 1. The fourth-order valence-corrected chi connectivity index (χ4v) is 1.79. The summed E-state index contributed by atoms with van der Waals surface area (Å²) >= 11 is 3.32. The van der Waals surface area contributed by atoms with Crippen molar-refractivity contribution in [2.45, 2.75) is 13.5 Å². The fraction of sp³-hybridized carbons (Fsp3) is 0.200. The summed E-state index contributed by atoms with van der Waals surface area (Å²) in [5.74, 6) is 5.47. The summed E-state index contributed by atoms with van der Waals surface area (Å²) in [6, 6.07) is 1.66. The van der Waals surface area contributed by atoms with Gasteiger partial charge in [0.25, 0.3) is 0 Å². The van der Waals surface area contributed by atoms with Gasteiger partial charge in [0.05, 0.1) is 17.2 Å². The van der Waals surface area contributed by atoms with E-state index in [0.29, 0.717) is 12.3 Å². The molecule has 1 amide bonds. The van der Waals surface area contributed by atoms with E-state index >= 15 is 0 Å². The highest BCUT2D eigenvalue weighted by atomic mass is 79.9. The molecular formula is C10H11BrN4O2. The van der Waals surface area contributed by atoms with E-state index in [1.165, 1.54) is 0 Å². The van der Waals surface area contributed by atoms with Gasteiger partial charge in [-0.05, 0) is 28.9 Å². The van der Waals surface area contributed by atoms with Crippen molar-refractivity contribution in [3.8, 4) is 0 Å². The highest BCUT2D eigenvalue weighted by Crippen LogP contribution is 2.16. The van der Waals surface area contributed by atoms with Crippen LogP contribution in [0.25, 0.3) is 0 Å². The Morgan fingerprint density at radius 2 is 2.47 bits per heavy atom. The van der Waals surface area contributed by atoms with Gasteiger partial charge in [-0.1, -0.05) is 0 Å². The zero-order valence-corrected chi connectivity index (χ0v) is 10.7. The molecule has 0 saturated heterocycles. The summed E-state index contributed by atoms with van der Waals surface area (Å²) in [4.78, 5) is 11.3. The number of rotatable bonds is 3. The molecular weight excluding hydrogens is 288 g/mol. The lowest BCUT2D eigenvalue weighted by atomic mass is 10.2. The summed E-state index contributed by atoms with van der Waals surface area (Å²) < 4.78 is 7.95. The molecule has 0 saturated carbocycles. The number of aryl methyl sites for hydroxylation is 1. The van der Waals surface area contributed by atoms with E-state index in [4.69, 9.17) is 10.3 Å². The van der Waals surface area contributed by atoms with Crippen LogP contribution in [0.3, 0.4) is 0 Å². The number of furan rings is 1. The average Bonchev–Trinajstić information content (AvgIpc) is 2.86. The van der Waals surface area contributed by atoms with Crippen LogP contribution in [0.2, 0.25) is 0 Å². The molecule has 0 aliphatic rings. The first kappa shape index (κ1) is 11.9. The fourth-order valence-electron chi connectivity index (χ4n) is 1.46. The lowest BCUT2D eigenvalue weighted by Crippen LogP contribution is -2.29. The third-order valence-electron chi connectivity index (χ3n) is 2.31. The van der Waals surface area contributed by atoms with E-state index in [2.05, 4.69) is 21.0 Å². The van der Waals surface area contributed by atoms with Gasteiger partial charge in [0.2, 0.25) is 0 Å². The van der Waals surface area contributed by atoms with Crippen molar-refractivity contribution in [2.75, 3.05) is 0 Å². The maximum Gasteiger partial charge on any atom is 0.300 e. The van der Waals surface area contributed by atoms with Crippen molar-refractivity contribution in [1.29, 1.82) is 0 Å². The van der Waals surface area contributed by atoms with Crippen LogP contribution < -0.4 is 11.3 Å². The molecule has 6 nitrogen and oxygen atoms in total. The molecule has 7 heteroatoms. The second-order valence-corrected chi connectivity index (χ2v) is 4.44. The average molecular weight is 299 g/mol. The second-order valence-electron chi connectivity index (χ2n) is 3.52. The van der Waals surface area contributed by atoms with E-state index in [-0.39, 0.29) is 5.76 Å². The Labute approximate surface area is 106 Å². The van der Waals surface area contributed by atoms with Crippen molar-refractivity contribution in [3.05, 3.63) is 40.0 Å². The van der Waals surface area contributed by atoms with Crippen molar-refractivity contribution >= 4 is 21.8 Å². The molecule has 0 atom stereocenters. The smallest absolute Gasteiger partial charge is 0.300 e. The predicted octanol–water partition coefficient (Wildman–Crippen LogP) is 1.20. The van der Waals surface area contributed by atoms with Crippen LogP contribution in [0.4, 0.5) is 0 Å². The monoisotopic (exact) mass is 298 g/mol. The van der Waals surface area contributed by atoms with Gasteiger partial charge in [0.15, 0.2) is 5.76 Å². The molecule has 0 radical (unpaired) electrons. The maximum absolute atomic E-state index is 11.3. The summed E-state index contributed by atoms with van der Waals surface area (Å²) in [6.45, 7) is 2.33. The number of halogens is 1. The summed E-state index contributed by atoms with van der Waals surface area (Å²) in [6.07, 6.45) is 3.54. The lowest BCUT2D eigenvalue weighted by molar-refractivity contribution is 0.0924. The molecule has 0 fully saturated rings. The zero-order valence-electron chi connectivity index (χ0n) is 9.11. The Hall–Kier alpha value is -1.60. The highest BCUT2D eigenvalue weighted by molar-refractivity contribution is 9.10. The van der Waals surface area contributed by atoms with Crippen LogP contribution in [0.15, 0.2) is 27.3 Å². The molecule has 90 valence electrons. The van der Waals surface area contributed by atoms with Crippen molar-refractivity contribution in [1.82, 2.24) is 15.2 Å². The minimum atomic E-state index is -0.444. The number of hydrogen-bond donors (Lipinski definition) is 2. The topological polar surface area (TPSA) is 86.1 Å². The van der Waals surface area contributed by atoms with Gasteiger partial charge in [0.1, 0.15) is 5.76 Å². The SMILES string of the molecule is Cc1oc(C(=O)NN)cc1Cn1cc(Br)cn1. The largest absolute Gasteiger partial charge is 0.456 e. The molecule has 2 heterocycles. The second kappa shape index (κ2) is 4.72. The van der Waals surface area contributed by atoms with E-state index in [1.807, 2.05) is 11.6 Å². The predicted molar refractivity (Wildman–Crippen MR) is 64.1 cm³/mol. The number of amides is 1. The van der Waals surface area contributed by atoms with Crippen molar-refractivity contribution in [2.24, 2.45) is 5.84 Å². The number of aromatic nitrogens is 2. The molecule has 0 aliphatic carbocycles. The number of carbonyl (C=O) groups is 1. The standard InChI is InChI=1S/C10H11BrN4O2/c1-6-7(2-9(17-6)10(16)14-12)4-15-5-8(11)3-13-15/h2-3,5H,4,12H2,1H3,(H,14,16). The van der Waals surface area contributed by atoms with Crippen LogP contribution in [0.1, 0.15) is 21.9 Å². The van der Waals surface area contributed by atoms with Gasteiger partial charge in [-0.3, -0.25) is 14.9 Å². The van der Waals surface area contributed by atoms with Crippen LogP contribution in [0.5, 0.6) is 0 Å². The number of nitrogens with zero attached hydrogens (tertiary/aromatic N) is 2. The Kier molecular flexibility index (Phi) is 3.30. The van der Waals surface area contributed by atoms with Gasteiger partial charge in [0, 0.05) is 11.8 Å². The molecule has 3 N–H and O–H groups in total. The third-order valence-corrected chi connectivity index (χ3v) is 2.72. The summed E-state index contributed by atoms with van der Waals surface area (Å²) in [7, 11) is 0. The minimum absolute atomic E-state index is 0.200. The molecule has 0 aliphatic heterocycles.